The second-order valence-electron chi connectivity index (χ2n) is 4.72. The van der Waals surface area contributed by atoms with E-state index in [1.807, 2.05) is 38.1 Å². The number of nitrogens with one attached hydrogen (secondary N) is 1. The number of hydrogen-bond donors (Lipinski definition) is 2. The van der Waals surface area contributed by atoms with Crippen molar-refractivity contribution in [2.24, 2.45) is 0 Å². The summed E-state index contributed by atoms with van der Waals surface area (Å²) in [5.74, 6) is 0.138. The van der Waals surface area contributed by atoms with Crippen LogP contribution in [-0.2, 0) is 4.79 Å². The molecule has 0 saturated heterocycles. The second kappa shape index (κ2) is 6.91. The molecule has 0 radical (unpaired) electrons. The lowest BCUT2D eigenvalue weighted by atomic mass is 10.1. The maximum absolute atomic E-state index is 12.0. The van der Waals surface area contributed by atoms with Crippen molar-refractivity contribution in [3.05, 3.63) is 41.1 Å². The zero-order chi connectivity index (χ0) is 16.1. The predicted octanol–water partition coefficient (Wildman–Crippen LogP) is 2.28. The molecule has 112 valence electrons. The van der Waals surface area contributed by atoms with Gasteiger partial charge in [0.15, 0.2) is 5.16 Å². The zero-order valence-corrected chi connectivity index (χ0v) is 13.1. The molecule has 2 aromatic rings. The lowest BCUT2D eigenvalue weighted by Crippen LogP contribution is -2.15. The van der Waals surface area contributed by atoms with Crippen molar-refractivity contribution in [1.29, 1.82) is 5.26 Å². The summed E-state index contributed by atoms with van der Waals surface area (Å²) in [5.41, 5.74) is 8.72. The molecule has 7 heteroatoms. The van der Waals surface area contributed by atoms with Gasteiger partial charge in [0, 0.05) is 5.69 Å². The Morgan fingerprint density at radius 2 is 2.23 bits per heavy atom. The maximum Gasteiger partial charge on any atom is 0.234 e. The molecule has 0 aliphatic heterocycles. The van der Waals surface area contributed by atoms with Crippen LogP contribution in [0.25, 0.3) is 0 Å². The number of carbonyl (C=O) groups is 1. The van der Waals surface area contributed by atoms with E-state index >= 15 is 0 Å². The average molecular weight is 313 g/mol. The predicted molar refractivity (Wildman–Crippen MR) is 86.4 cm³/mol. The molecule has 0 spiro atoms. The van der Waals surface area contributed by atoms with Gasteiger partial charge >= 0.3 is 0 Å². The monoisotopic (exact) mass is 313 g/mol. The molecule has 0 bridgehead atoms. The highest BCUT2D eigenvalue weighted by atomic mass is 32.2. The first-order valence-electron chi connectivity index (χ1n) is 6.52. The number of carbonyl (C=O) groups excluding carboxylic acids is 1. The Labute approximate surface area is 132 Å². The van der Waals surface area contributed by atoms with E-state index in [2.05, 4.69) is 15.3 Å². The number of thioether (sulfide) groups is 1. The van der Waals surface area contributed by atoms with Crippen LogP contribution in [0.4, 0.5) is 11.5 Å². The molecule has 0 aliphatic rings. The summed E-state index contributed by atoms with van der Waals surface area (Å²) in [6, 6.07) is 7.77. The first kappa shape index (κ1) is 15.8. The summed E-state index contributed by atoms with van der Waals surface area (Å²) in [4.78, 5) is 20.0. The van der Waals surface area contributed by atoms with Crippen LogP contribution in [0.2, 0.25) is 0 Å². The highest BCUT2D eigenvalue weighted by Crippen LogP contribution is 2.19. The molecule has 0 saturated carbocycles. The van der Waals surface area contributed by atoms with Gasteiger partial charge in [-0.05, 0) is 31.0 Å². The molecule has 1 aromatic heterocycles. The molecule has 1 heterocycles. The number of aryl methyl sites for hydroxylation is 2. The number of nitrogens with two attached hydrogens (primary N) is 1. The van der Waals surface area contributed by atoms with Crippen molar-refractivity contribution in [2.75, 3.05) is 16.8 Å². The topological polar surface area (TPSA) is 105 Å². The van der Waals surface area contributed by atoms with Gasteiger partial charge in [0.25, 0.3) is 0 Å². The van der Waals surface area contributed by atoms with Gasteiger partial charge in [-0.15, -0.1) is 0 Å². The minimum Gasteiger partial charge on any atom is -0.382 e. The Kier molecular flexibility index (Phi) is 4.96. The number of nitrogen functional groups attached to an aromatic ring is 1. The van der Waals surface area contributed by atoms with Crippen molar-refractivity contribution < 1.29 is 4.79 Å². The summed E-state index contributed by atoms with van der Waals surface area (Å²) in [5, 5.41) is 12.0. The third-order valence-electron chi connectivity index (χ3n) is 2.92. The fourth-order valence-electron chi connectivity index (χ4n) is 1.72. The smallest absolute Gasteiger partial charge is 0.234 e. The van der Waals surface area contributed by atoms with Gasteiger partial charge in [0.1, 0.15) is 17.5 Å². The number of amides is 1. The summed E-state index contributed by atoms with van der Waals surface area (Å²) < 4.78 is 0. The van der Waals surface area contributed by atoms with E-state index in [1.165, 1.54) is 18.0 Å². The largest absolute Gasteiger partial charge is 0.382 e. The number of nitriles is 1. The van der Waals surface area contributed by atoms with Crippen LogP contribution in [0.1, 0.15) is 16.7 Å². The number of benzene rings is 1. The normalized spacial score (nSPS) is 10.0. The molecular weight excluding hydrogens is 298 g/mol. The third kappa shape index (κ3) is 3.96. The Hall–Kier alpha value is -2.59. The number of rotatable bonds is 4. The molecular formula is C15H15N5OS. The molecule has 1 aromatic carbocycles. The van der Waals surface area contributed by atoms with Gasteiger partial charge in [-0.1, -0.05) is 23.9 Å². The highest BCUT2D eigenvalue weighted by Gasteiger charge is 2.09. The van der Waals surface area contributed by atoms with E-state index in [4.69, 9.17) is 11.0 Å². The second-order valence-corrected chi connectivity index (χ2v) is 5.66. The Morgan fingerprint density at radius 3 is 2.91 bits per heavy atom. The maximum atomic E-state index is 12.0. The summed E-state index contributed by atoms with van der Waals surface area (Å²) in [7, 11) is 0. The molecule has 0 fully saturated rings. The Morgan fingerprint density at radius 1 is 1.45 bits per heavy atom. The third-order valence-corrected chi connectivity index (χ3v) is 3.78. The van der Waals surface area contributed by atoms with E-state index in [0.717, 1.165) is 16.8 Å². The molecule has 22 heavy (non-hydrogen) atoms. The molecule has 0 atom stereocenters. The van der Waals surface area contributed by atoms with Crippen molar-refractivity contribution in [3.8, 4) is 6.07 Å². The highest BCUT2D eigenvalue weighted by molar-refractivity contribution is 7.99. The lowest BCUT2D eigenvalue weighted by molar-refractivity contribution is -0.113. The van der Waals surface area contributed by atoms with Crippen LogP contribution < -0.4 is 11.1 Å². The zero-order valence-electron chi connectivity index (χ0n) is 12.3. The number of hydrogen-bond acceptors (Lipinski definition) is 6. The first-order valence-corrected chi connectivity index (χ1v) is 7.50. The van der Waals surface area contributed by atoms with Gasteiger partial charge in [-0.3, -0.25) is 4.79 Å². The summed E-state index contributed by atoms with van der Waals surface area (Å²) >= 11 is 1.17. The van der Waals surface area contributed by atoms with Crippen molar-refractivity contribution >= 4 is 29.2 Å². The van der Waals surface area contributed by atoms with E-state index in [0.29, 0.717) is 5.16 Å². The van der Waals surface area contributed by atoms with E-state index < -0.39 is 0 Å². The van der Waals surface area contributed by atoms with Crippen molar-refractivity contribution in [2.45, 2.75) is 19.0 Å². The average Bonchev–Trinajstić information content (AvgIpc) is 2.49. The molecule has 0 unspecified atom stereocenters. The van der Waals surface area contributed by atoms with Crippen LogP contribution >= 0.6 is 11.8 Å². The number of anilines is 2. The molecule has 6 nitrogen and oxygen atoms in total. The minimum absolute atomic E-state index is 0.120. The molecule has 3 N–H and O–H groups in total. The van der Waals surface area contributed by atoms with Crippen LogP contribution in [0.15, 0.2) is 29.6 Å². The minimum atomic E-state index is -0.148. The quantitative estimate of drug-likeness (QED) is 0.662. The van der Waals surface area contributed by atoms with Crippen LogP contribution in [0, 0.1) is 25.2 Å². The molecule has 1 amide bonds. The van der Waals surface area contributed by atoms with E-state index in [9.17, 15) is 4.79 Å². The van der Waals surface area contributed by atoms with Crippen molar-refractivity contribution in [3.63, 3.8) is 0 Å². The first-order chi connectivity index (χ1) is 10.5. The Bertz CT molecular complexity index is 754. The summed E-state index contributed by atoms with van der Waals surface area (Å²) in [6.45, 7) is 3.91. The van der Waals surface area contributed by atoms with E-state index in [1.54, 1.807) is 0 Å². The fraction of sp³-hybridized carbons (Fsp3) is 0.200. The van der Waals surface area contributed by atoms with E-state index in [-0.39, 0.29) is 23.0 Å². The fourth-order valence-corrected chi connectivity index (χ4v) is 2.34. The lowest BCUT2D eigenvalue weighted by Gasteiger charge is -2.09. The number of nitrogens with zero attached hydrogens (tertiary/aromatic N) is 3. The summed E-state index contributed by atoms with van der Waals surface area (Å²) in [6.07, 6.45) is 1.35. The molecule has 2 rings (SSSR count). The molecule has 0 aliphatic carbocycles. The SMILES string of the molecule is Cc1ccc(C)c(NC(=O)CSc2ncc(C#N)c(N)n2)c1. The van der Waals surface area contributed by atoms with Gasteiger partial charge < -0.3 is 11.1 Å². The van der Waals surface area contributed by atoms with Crippen molar-refractivity contribution in [1.82, 2.24) is 9.97 Å². The van der Waals surface area contributed by atoms with Gasteiger partial charge in [0.2, 0.25) is 5.91 Å². The van der Waals surface area contributed by atoms with Gasteiger partial charge in [-0.25, -0.2) is 9.97 Å². The van der Waals surface area contributed by atoms with Gasteiger partial charge in [-0.2, -0.15) is 5.26 Å². The van der Waals surface area contributed by atoms with Crippen LogP contribution in [-0.4, -0.2) is 21.6 Å². The number of aromatic nitrogens is 2. The van der Waals surface area contributed by atoms with Crippen LogP contribution in [0.3, 0.4) is 0 Å². The Balaban J connectivity index is 1.97. The van der Waals surface area contributed by atoms with Gasteiger partial charge in [0.05, 0.1) is 11.9 Å². The standard InChI is InChI=1S/C15H15N5OS/c1-9-3-4-10(2)12(5-9)19-13(21)8-22-15-18-7-11(6-16)14(17)20-15/h3-5,7H,8H2,1-2H3,(H,19,21)(H2,17,18,20). The van der Waals surface area contributed by atoms with Crippen LogP contribution in [0.5, 0.6) is 0 Å².